The van der Waals surface area contributed by atoms with E-state index < -0.39 is 0 Å². The van der Waals surface area contributed by atoms with E-state index in [0.717, 1.165) is 6.42 Å². The molecule has 0 aliphatic heterocycles. The van der Waals surface area contributed by atoms with Crippen molar-refractivity contribution in [1.82, 2.24) is 0 Å². The van der Waals surface area contributed by atoms with Crippen LogP contribution in [0.3, 0.4) is 0 Å². The van der Waals surface area contributed by atoms with Crippen LogP contribution in [0.1, 0.15) is 43.2 Å². The fraction of sp³-hybridized carbons (Fsp3) is 0.462. The van der Waals surface area contributed by atoms with Gasteiger partial charge >= 0.3 is 0 Å². The summed E-state index contributed by atoms with van der Waals surface area (Å²) in [5, 5.41) is 0. The first kappa shape index (κ1) is 10.3. The van der Waals surface area contributed by atoms with E-state index in [1.807, 2.05) is 0 Å². The van der Waals surface area contributed by atoms with Crippen molar-refractivity contribution in [1.29, 1.82) is 0 Å². The van der Waals surface area contributed by atoms with Crippen molar-refractivity contribution in [2.75, 3.05) is 0 Å². The number of aryl methyl sites for hydroxylation is 1. The van der Waals surface area contributed by atoms with Crippen molar-refractivity contribution < 1.29 is 0 Å². The molecule has 71 valence electrons. The largest absolute Gasteiger partial charge is 0.0648 e. The molecule has 0 aromatic heterocycles. The number of benzene rings is 1. The zero-order chi connectivity index (χ0) is 9.68. The molecule has 1 rings (SSSR count). The second kappa shape index (κ2) is 5.06. The summed E-state index contributed by atoms with van der Waals surface area (Å²) in [4.78, 5) is 0. The van der Waals surface area contributed by atoms with Crippen LogP contribution < -0.4 is 0 Å². The molecule has 0 amide bonds. The Morgan fingerprint density at radius 3 is 2.31 bits per heavy atom. The third-order valence-corrected chi connectivity index (χ3v) is 2.59. The summed E-state index contributed by atoms with van der Waals surface area (Å²) in [6, 6.07) is 8.89. The summed E-state index contributed by atoms with van der Waals surface area (Å²) >= 11 is 0. The second-order valence-electron chi connectivity index (χ2n) is 3.66. The lowest BCUT2D eigenvalue weighted by Crippen LogP contribution is -1.96. The van der Waals surface area contributed by atoms with Crippen molar-refractivity contribution >= 4 is 0 Å². The van der Waals surface area contributed by atoms with Gasteiger partial charge in [-0.2, -0.15) is 0 Å². The lowest BCUT2D eigenvalue weighted by molar-refractivity contribution is 0.612. The maximum atomic E-state index is 3.92. The zero-order valence-corrected chi connectivity index (χ0v) is 8.72. The summed E-state index contributed by atoms with van der Waals surface area (Å²) in [6.45, 7) is 8.30. The fourth-order valence-corrected chi connectivity index (χ4v) is 1.69. The molecule has 0 aliphatic rings. The molecule has 0 saturated carbocycles. The van der Waals surface area contributed by atoms with Crippen LogP contribution >= 0.6 is 0 Å². The van der Waals surface area contributed by atoms with Crippen LogP contribution in [0.25, 0.3) is 0 Å². The summed E-state index contributed by atoms with van der Waals surface area (Å²) in [7, 11) is 0. The summed E-state index contributed by atoms with van der Waals surface area (Å²) < 4.78 is 0. The molecule has 0 N–H and O–H groups in total. The second-order valence-corrected chi connectivity index (χ2v) is 3.66. The molecule has 0 bridgehead atoms. The molecule has 0 fully saturated rings. The molecule has 1 unspecified atom stereocenters. The van der Waals surface area contributed by atoms with Crippen molar-refractivity contribution in [2.45, 2.75) is 39.0 Å². The molecule has 1 aromatic carbocycles. The van der Waals surface area contributed by atoms with Crippen LogP contribution in [-0.2, 0) is 0 Å². The van der Waals surface area contributed by atoms with E-state index in [2.05, 4.69) is 45.0 Å². The van der Waals surface area contributed by atoms with Crippen LogP contribution in [0, 0.1) is 13.8 Å². The van der Waals surface area contributed by atoms with Crippen LogP contribution in [0.5, 0.6) is 0 Å². The van der Waals surface area contributed by atoms with Crippen LogP contribution in [0.2, 0.25) is 0 Å². The van der Waals surface area contributed by atoms with Crippen molar-refractivity contribution in [3.63, 3.8) is 0 Å². The van der Waals surface area contributed by atoms with Gasteiger partial charge in [-0.1, -0.05) is 50.1 Å². The fourth-order valence-electron chi connectivity index (χ4n) is 1.69. The number of rotatable bonds is 4. The Morgan fingerprint density at radius 1 is 1.23 bits per heavy atom. The highest BCUT2D eigenvalue weighted by Gasteiger charge is 2.06. The minimum Gasteiger partial charge on any atom is -0.0648 e. The van der Waals surface area contributed by atoms with E-state index in [0.29, 0.717) is 5.92 Å². The first-order chi connectivity index (χ1) is 6.27. The average Bonchev–Trinajstić information content (AvgIpc) is 2.16. The number of hydrogen-bond acceptors (Lipinski definition) is 0. The van der Waals surface area contributed by atoms with Gasteiger partial charge in [0.1, 0.15) is 0 Å². The minimum absolute atomic E-state index is 0.707. The van der Waals surface area contributed by atoms with E-state index in [1.165, 1.54) is 24.0 Å². The summed E-state index contributed by atoms with van der Waals surface area (Å²) in [6.07, 6.45) is 3.46. The van der Waals surface area contributed by atoms with Crippen LogP contribution in [0.4, 0.5) is 0 Å². The zero-order valence-electron chi connectivity index (χ0n) is 8.72. The Bertz CT molecular complexity index is 233. The Kier molecular flexibility index (Phi) is 4.01. The molecule has 0 spiro atoms. The van der Waals surface area contributed by atoms with Crippen LogP contribution in [-0.4, -0.2) is 0 Å². The molecule has 0 nitrogen and oxygen atoms in total. The van der Waals surface area contributed by atoms with Gasteiger partial charge in [0.15, 0.2) is 0 Å². The number of hydrogen-bond donors (Lipinski definition) is 0. The Hall–Kier alpha value is -0.780. The minimum atomic E-state index is 0.707. The van der Waals surface area contributed by atoms with Gasteiger partial charge in [0.05, 0.1) is 0 Å². The SMILES string of the molecule is [CH2]CCC(CC)c1ccc(C)cc1. The summed E-state index contributed by atoms with van der Waals surface area (Å²) in [5.41, 5.74) is 2.81. The van der Waals surface area contributed by atoms with E-state index in [1.54, 1.807) is 0 Å². The Morgan fingerprint density at radius 2 is 1.85 bits per heavy atom. The van der Waals surface area contributed by atoms with Gasteiger partial charge in [0, 0.05) is 0 Å². The van der Waals surface area contributed by atoms with Crippen molar-refractivity contribution in [2.24, 2.45) is 0 Å². The van der Waals surface area contributed by atoms with Gasteiger partial charge in [-0.25, -0.2) is 0 Å². The maximum Gasteiger partial charge on any atom is -0.0165 e. The highest BCUT2D eigenvalue weighted by Crippen LogP contribution is 2.24. The van der Waals surface area contributed by atoms with Gasteiger partial charge in [-0.05, 0) is 31.2 Å². The van der Waals surface area contributed by atoms with Gasteiger partial charge in [0.2, 0.25) is 0 Å². The lowest BCUT2D eigenvalue weighted by atomic mass is 9.92. The molecule has 0 heterocycles. The monoisotopic (exact) mass is 175 g/mol. The van der Waals surface area contributed by atoms with Gasteiger partial charge < -0.3 is 0 Å². The van der Waals surface area contributed by atoms with E-state index in [-0.39, 0.29) is 0 Å². The molecule has 13 heavy (non-hydrogen) atoms. The van der Waals surface area contributed by atoms with E-state index >= 15 is 0 Å². The normalized spacial score (nSPS) is 12.8. The van der Waals surface area contributed by atoms with Gasteiger partial charge in [-0.3, -0.25) is 0 Å². The molecule has 0 heteroatoms. The Balaban J connectivity index is 2.73. The van der Waals surface area contributed by atoms with Crippen LogP contribution in [0.15, 0.2) is 24.3 Å². The topological polar surface area (TPSA) is 0 Å². The molecular weight excluding hydrogens is 156 g/mol. The van der Waals surface area contributed by atoms with E-state index in [9.17, 15) is 0 Å². The first-order valence-corrected chi connectivity index (χ1v) is 5.13. The maximum absolute atomic E-state index is 3.92. The first-order valence-electron chi connectivity index (χ1n) is 5.13. The quantitative estimate of drug-likeness (QED) is 0.646. The average molecular weight is 175 g/mol. The smallest absolute Gasteiger partial charge is 0.0165 e. The Labute approximate surface area is 82.0 Å². The summed E-state index contributed by atoms with van der Waals surface area (Å²) in [5.74, 6) is 0.707. The van der Waals surface area contributed by atoms with Gasteiger partial charge in [-0.15, -0.1) is 0 Å². The molecule has 0 aliphatic carbocycles. The van der Waals surface area contributed by atoms with Crippen molar-refractivity contribution in [3.8, 4) is 0 Å². The predicted octanol–water partition coefficient (Wildman–Crippen LogP) is 4.10. The molecule has 1 radical (unpaired) electrons. The van der Waals surface area contributed by atoms with Crippen molar-refractivity contribution in [3.05, 3.63) is 42.3 Å². The third kappa shape index (κ3) is 2.87. The molecule has 1 aromatic rings. The third-order valence-electron chi connectivity index (χ3n) is 2.59. The lowest BCUT2D eigenvalue weighted by Gasteiger charge is -2.14. The predicted molar refractivity (Wildman–Crippen MR) is 58.8 cm³/mol. The van der Waals surface area contributed by atoms with Gasteiger partial charge in [0.25, 0.3) is 0 Å². The standard InChI is InChI=1S/C13H19/c1-4-6-12(5-2)13-9-7-11(3)8-10-13/h7-10,12H,1,4-6H2,2-3H3. The highest BCUT2D eigenvalue weighted by molar-refractivity contribution is 5.24. The highest BCUT2D eigenvalue weighted by atomic mass is 14.1. The molecular formula is C13H19. The molecule has 0 saturated heterocycles. The molecule has 1 atom stereocenters. The van der Waals surface area contributed by atoms with E-state index in [4.69, 9.17) is 0 Å².